The Hall–Kier alpha value is -3.52. The fourth-order valence-corrected chi connectivity index (χ4v) is 4.74. The third-order valence-corrected chi connectivity index (χ3v) is 6.59. The molecule has 0 saturated carbocycles. The molecular weight excluding hydrogens is 461 g/mol. The Balaban J connectivity index is 1.63. The van der Waals surface area contributed by atoms with Gasteiger partial charge in [0.05, 0.1) is 11.4 Å². The Morgan fingerprint density at radius 3 is 2.63 bits per heavy atom. The summed E-state index contributed by atoms with van der Waals surface area (Å²) < 4.78 is 15.6. The van der Waals surface area contributed by atoms with Crippen molar-refractivity contribution in [3.8, 4) is 17.1 Å². The smallest absolute Gasteiger partial charge is 0.233 e. The molecule has 2 heterocycles. The number of para-hydroxylation sites is 1. The van der Waals surface area contributed by atoms with Gasteiger partial charge in [0.25, 0.3) is 0 Å². The Morgan fingerprint density at radius 2 is 1.91 bits per heavy atom. The highest BCUT2D eigenvalue weighted by molar-refractivity contribution is 7.99. The van der Waals surface area contributed by atoms with E-state index >= 15 is 0 Å². The van der Waals surface area contributed by atoms with Crippen LogP contribution < -0.4 is 0 Å². The van der Waals surface area contributed by atoms with E-state index in [1.54, 1.807) is 23.4 Å². The number of halogens is 1. The van der Waals surface area contributed by atoms with Crippen molar-refractivity contribution >= 4 is 17.7 Å². The average molecular weight is 490 g/mol. The first-order chi connectivity index (χ1) is 17.0. The van der Waals surface area contributed by atoms with Crippen LogP contribution in [0.4, 0.5) is 4.39 Å². The van der Waals surface area contributed by atoms with Crippen molar-refractivity contribution in [1.82, 2.24) is 24.6 Å². The van der Waals surface area contributed by atoms with Gasteiger partial charge < -0.3 is 4.90 Å². The molecule has 0 N–H and O–H groups in total. The van der Waals surface area contributed by atoms with E-state index in [1.165, 1.54) is 23.9 Å². The summed E-state index contributed by atoms with van der Waals surface area (Å²) in [5.41, 5.74) is 3.75. The van der Waals surface area contributed by atoms with Crippen molar-refractivity contribution in [2.24, 2.45) is 0 Å². The summed E-state index contributed by atoms with van der Waals surface area (Å²) >= 11 is 1.35. The van der Waals surface area contributed by atoms with Crippen LogP contribution in [0, 0.1) is 5.82 Å². The van der Waals surface area contributed by atoms with Crippen LogP contribution in [0.25, 0.3) is 17.1 Å². The molecular formula is C27H28FN5OS. The Labute approximate surface area is 209 Å². The number of carbonyl (C=O) groups excluding carboxylic acids is 1. The highest BCUT2D eigenvalue weighted by Crippen LogP contribution is 2.32. The van der Waals surface area contributed by atoms with Crippen LogP contribution >= 0.6 is 11.8 Å². The molecule has 6 nitrogen and oxygen atoms in total. The zero-order chi connectivity index (χ0) is 24.8. The number of aromatic nitrogens is 4. The molecule has 0 saturated heterocycles. The lowest BCUT2D eigenvalue weighted by Gasteiger charge is -2.21. The lowest BCUT2D eigenvalue weighted by molar-refractivity contribution is -0.128. The number of rotatable bonds is 9. The van der Waals surface area contributed by atoms with E-state index in [-0.39, 0.29) is 23.4 Å². The molecule has 0 radical (unpaired) electrons. The predicted molar refractivity (Wildman–Crippen MR) is 137 cm³/mol. The summed E-state index contributed by atoms with van der Waals surface area (Å²) in [6.45, 7) is 7.10. The van der Waals surface area contributed by atoms with Gasteiger partial charge in [-0.3, -0.25) is 14.3 Å². The average Bonchev–Trinajstić information content (AvgIpc) is 3.30. The number of nitrogens with zero attached hydrogens (tertiary/aromatic N) is 5. The number of benzene rings is 2. The number of carbonyl (C=O) groups is 1. The Morgan fingerprint density at radius 1 is 1.09 bits per heavy atom. The van der Waals surface area contributed by atoms with E-state index in [4.69, 9.17) is 0 Å². The molecule has 4 rings (SSSR count). The molecule has 0 atom stereocenters. The van der Waals surface area contributed by atoms with Gasteiger partial charge in [0.1, 0.15) is 5.82 Å². The van der Waals surface area contributed by atoms with Crippen molar-refractivity contribution in [2.75, 3.05) is 12.3 Å². The maximum absolute atomic E-state index is 13.6. The molecule has 8 heteroatoms. The van der Waals surface area contributed by atoms with Gasteiger partial charge in [-0.05, 0) is 54.3 Å². The van der Waals surface area contributed by atoms with Crippen molar-refractivity contribution in [3.63, 3.8) is 0 Å². The summed E-state index contributed by atoms with van der Waals surface area (Å²) in [6, 6.07) is 18.3. The van der Waals surface area contributed by atoms with Gasteiger partial charge in [-0.15, -0.1) is 10.2 Å². The molecule has 0 aliphatic heterocycles. The Kier molecular flexibility index (Phi) is 7.92. The van der Waals surface area contributed by atoms with Crippen LogP contribution in [-0.2, 0) is 11.3 Å². The normalized spacial score (nSPS) is 11.1. The van der Waals surface area contributed by atoms with E-state index in [9.17, 15) is 9.18 Å². The first-order valence-corrected chi connectivity index (χ1v) is 12.6. The van der Waals surface area contributed by atoms with Crippen LogP contribution in [0.5, 0.6) is 0 Å². The molecule has 4 aromatic rings. The third kappa shape index (κ3) is 5.77. The van der Waals surface area contributed by atoms with Crippen LogP contribution in [0.15, 0.2) is 78.2 Å². The van der Waals surface area contributed by atoms with Crippen LogP contribution in [0.1, 0.15) is 37.8 Å². The van der Waals surface area contributed by atoms with E-state index in [2.05, 4.69) is 35.1 Å². The zero-order valence-electron chi connectivity index (χ0n) is 20.1. The highest BCUT2D eigenvalue weighted by atomic mass is 32.2. The number of thioether (sulfide) groups is 1. The molecule has 0 spiro atoms. The van der Waals surface area contributed by atoms with Gasteiger partial charge in [-0.25, -0.2) is 4.39 Å². The third-order valence-electron chi connectivity index (χ3n) is 5.67. The number of hydrogen-bond donors (Lipinski definition) is 0. The maximum atomic E-state index is 13.6. The minimum absolute atomic E-state index is 0.0450. The summed E-state index contributed by atoms with van der Waals surface area (Å²) in [7, 11) is 0. The number of pyridine rings is 1. The van der Waals surface area contributed by atoms with E-state index in [0.717, 1.165) is 22.4 Å². The second-order valence-corrected chi connectivity index (χ2v) is 9.37. The molecule has 0 aliphatic rings. The molecule has 35 heavy (non-hydrogen) atoms. The lowest BCUT2D eigenvalue weighted by atomic mass is 10.0. The standard InChI is InChI=1S/C27H28FN5OS/c1-4-32(17-20-9-7-11-22(28)15-20)25(34)18-35-27-31-30-26(21-10-8-14-29-16-21)33(27)24-13-6-5-12-23(24)19(2)3/h5-16,19H,4,17-18H2,1-3H3. The van der Waals surface area contributed by atoms with Gasteiger partial charge in [0, 0.05) is 31.0 Å². The molecule has 0 unspecified atom stereocenters. The van der Waals surface area contributed by atoms with Crippen LogP contribution in [0.2, 0.25) is 0 Å². The molecule has 0 fully saturated rings. The van der Waals surface area contributed by atoms with E-state index < -0.39 is 0 Å². The minimum Gasteiger partial charge on any atom is -0.338 e. The second-order valence-electron chi connectivity index (χ2n) is 8.42. The Bertz CT molecular complexity index is 1290. The largest absolute Gasteiger partial charge is 0.338 e. The fourth-order valence-electron chi connectivity index (χ4n) is 3.89. The lowest BCUT2D eigenvalue weighted by Crippen LogP contribution is -2.31. The van der Waals surface area contributed by atoms with Crippen molar-refractivity contribution < 1.29 is 9.18 Å². The van der Waals surface area contributed by atoms with E-state index in [0.29, 0.717) is 24.1 Å². The highest BCUT2D eigenvalue weighted by Gasteiger charge is 2.21. The topological polar surface area (TPSA) is 63.9 Å². The second kappa shape index (κ2) is 11.3. The fraction of sp³-hybridized carbons (Fsp3) is 0.259. The molecule has 0 bridgehead atoms. The van der Waals surface area contributed by atoms with Crippen LogP contribution in [-0.4, -0.2) is 42.9 Å². The number of amides is 1. The quantitative estimate of drug-likeness (QED) is 0.281. The number of hydrogen-bond acceptors (Lipinski definition) is 5. The molecule has 2 aromatic heterocycles. The van der Waals surface area contributed by atoms with Gasteiger partial charge in [0.15, 0.2) is 11.0 Å². The van der Waals surface area contributed by atoms with Crippen LogP contribution in [0.3, 0.4) is 0 Å². The summed E-state index contributed by atoms with van der Waals surface area (Å²) in [4.78, 5) is 19.0. The summed E-state index contributed by atoms with van der Waals surface area (Å²) in [5, 5.41) is 9.55. The monoisotopic (exact) mass is 489 g/mol. The van der Waals surface area contributed by atoms with E-state index in [1.807, 2.05) is 47.9 Å². The first kappa shape index (κ1) is 24.6. The summed E-state index contributed by atoms with van der Waals surface area (Å²) in [5.74, 6) is 0.805. The minimum atomic E-state index is -0.305. The summed E-state index contributed by atoms with van der Waals surface area (Å²) in [6.07, 6.45) is 3.48. The SMILES string of the molecule is CCN(Cc1cccc(F)c1)C(=O)CSc1nnc(-c2cccnc2)n1-c1ccccc1C(C)C. The molecule has 0 aliphatic carbocycles. The molecule has 180 valence electrons. The molecule has 1 amide bonds. The first-order valence-electron chi connectivity index (χ1n) is 11.6. The van der Waals surface area contributed by atoms with Gasteiger partial charge >= 0.3 is 0 Å². The molecule has 2 aromatic carbocycles. The van der Waals surface area contributed by atoms with Gasteiger partial charge in [0.2, 0.25) is 5.91 Å². The zero-order valence-corrected chi connectivity index (χ0v) is 20.9. The van der Waals surface area contributed by atoms with Crippen molar-refractivity contribution in [2.45, 2.75) is 38.4 Å². The predicted octanol–water partition coefficient (Wildman–Crippen LogP) is 5.73. The van der Waals surface area contributed by atoms with Crippen molar-refractivity contribution in [1.29, 1.82) is 0 Å². The van der Waals surface area contributed by atoms with Gasteiger partial charge in [-0.2, -0.15) is 0 Å². The van der Waals surface area contributed by atoms with Crippen molar-refractivity contribution in [3.05, 3.63) is 90.0 Å². The maximum Gasteiger partial charge on any atom is 0.233 e. The van der Waals surface area contributed by atoms with Gasteiger partial charge in [-0.1, -0.05) is 55.9 Å².